The van der Waals surface area contributed by atoms with Gasteiger partial charge in [-0.05, 0) is 56.1 Å². The minimum Gasteiger partial charge on any atom is -0.372 e. The molecule has 2 N–H and O–H groups in total. The zero-order valence-corrected chi connectivity index (χ0v) is 16.6. The lowest BCUT2D eigenvalue weighted by Crippen LogP contribution is -2.29. The third-order valence-electron chi connectivity index (χ3n) is 4.45. The molecule has 2 rings (SSSR count). The summed E-state index contributed by atoms with van der Waals surface area (Å²) in [6.07, 6.45) is 5.78. The van der Waals surface area contributed by atoms with Crippen LogP contribution < -0.4 is 5.32 Å². The Morgan fingerprint density at radius 3 is 2.67 bits per heavy atom. The number of benzene rings is 1. The monoisotopic (exact) mass is 393 g/mol. The molecule has 1 aromatic carbocycles. The fourth-order valence-electron chi connectivity index (χ4n) is 2.90. The van der Waals surface area contributed by atoms with Crippen LogP contribution in [0.4, 0.5) is 4.39 Å². The average molecular weight is 394 g/mol. The number of aliphatic hydroxyl groups excluding tert-OH is 1. The van der Waals surface area contributed by atoms with Crippen LogP contribution in [0.15, 0.2) is 30.5 Å². The number of carbonyl (C=O) groups is 1. The minimum atomic E-state index is -0.917. The van der Waals surface area contributed by atoms with Crippen molar-refractivity contribution in [3.05, 3.63) is 53.1 Å². The number of halogens is 1. The molecule has 1 heterocycles. The Bertz CT molecular complexity index is 719. The van der Waals surface area contributed by atoms with Crippen molar-refractivity contribution < 1.29 is 14.3 Å². The standard InChI is InChI=1S/C20H28FN3O2S/c1-15-14-23-24(18(25)11-8-16-6-9-17(21)10-7-16)19(15)20(26)22-12-4-2-3-5-13-27/h6-7,9-10,14,18,25,27H,2-5,8,11-13H2,1H3,(H,22,26). The molecule has 0 bridgehead atoms. The summed E-state index contributed by atoms with van der Waals surface area (Å²) in [7, 11) is 0. The Kier molecular flexibility index (Phi) is 8.81. The molecule has 0 saturated heterocycles. The first kappa shape index (κ1) is 21.4. The number of aromatic nitrogens is 2. The van der Waals surface area contributed by atoms with Gasteiger partial charge in [-0.2, -0.15) is 17.7 Å². The molecule has 0 spiro atoms. The number of unbranched alkanes of at least 4 members (excludes halogenated alkanes) is 3. The second-order valence-corrected chi connectivity index (χ2v) is 7.11. The van der Waals surface area contributed by atoms with E-state index in [2.05, 4.69) is 23.0 Å². The van der Waals surface area contributed by atoms with Gasteiger partial charge in [0.05, 0.1) is 6.20 Å². The maximum atomic E-state index is 13.0. The summed E-state index contributed by atoms with van der Waals surface area (Å²) in [5.74, 6) is 0.382. The van der Waals surface area contributed by atoms with Gasteiger partial charge in [0.15, 0.2) is 0 Å². The van der Waals surface area contributed by atoms with Crippen LogP contribution in [0.3, 0.4) is 0 Å². The predicted octanol–water partition coefficient (Wildman–Crippen LogP) is 3.67. The normalized spacial score (nSPS) is 12.1. The first-order valence-corrected chi connectivity index (χ1v) is 10.0. The van der Waals surface area contributed by atoms with Crippen LogP contribution in [0, 0.1) is 12.7 Å². The molecule has 0 fully saturated rings. The lowest BCUT2D eigenvalue weighted by atomic mass is 10.1. The van der Waals surface area contributed by atoms with E-state index >= 15 is 0 Å². The summed E-state index contributed by atoms with van der Waals surface area (Å²) >= 11 is 4.19. The molecule has 1 aromatic heterocycles. The van der Waals surface area contributed by atoms with Crippen LogP contribution in [-0.4, -0.2) is 33.1 Å². The maximum Gasteiger partial charge on any atom is 0.269 e. The van der Waals surface area contributed by atoms with E-state index in [0.717, 1.165) is 42.6 Å². The molecule has 0 aliphatic carbocycles. The quantitative estimate of drug-likeness (QED) is 0.403. The SMILES string of the molecule is Cc1cnn(C(O)CCc2ccc(F)cc2)c1C(=O)NCCCCCCS. The summed E-state index contributed by atoms with van der Waals surface area (Å²) in [4.78, 5) is 12.5. The van der Waals surface area contributed by atoms with Crippen molar-refractivity contribution in [2.24, 2.45) is 0 Å². The Morgan fingerprint density at radius 2 is 1.96 bits per heavy atom. The molecule has 1 atom stereocenters. The molecule has 0 saturated carbocycles. The number of carbonyl (C=O) groups excluding carboxylic acids is 1. The van der Waals surface area contributed by atoms with Crippen LogP contribution >= 0.6 is 12.6 Å². The van der Waals surface area contributed by atoms with Gasteiger partial charge in [-0.25, -0.2) is 9.07 Å². The molecular formula is C20H28FN3O2S. The smallest absolute Gasteiger partial charge is 0.269 e. The fourth-order valence-corrected chi connectivity index (χ4v) is 3.13. The van der Waals surface area contributed by atoms with Crippen molar-refractivity contribution in [1.82, 2.24) is 15.1 Å². The number of aliphatic hydroxyl groups is 1. The summed E-state index contributed by atoms with van der Waals surface area (Å²) in [6, 6.07) is 6.18. The number of nitrogens with one attached hydrogen (secondary N) is 1. The van der Waals surface area contributed by atoms with Crippen LogP contribution in [0.25, 0.3) is 0 Å². The Labute approximate surface area is 165 Å². The maximum absolute atomic E-state index is 13.0. The largest absolute Gasteiger partial charge is 0.372 e. The highest BCUT2D eigenvalue weighted by atomic mass is 32.1. The molecule has 2 aromatic rings. The van der Waals surface area contributed by atoms with Gasteiger partial charge in [0.2, 0.25) is 0 Å². The highest BCUT2D eigenvalue weighted by Crippen LogP contribution is 2.17. The van der Waals surface area contributed by atoms with Gasteiger partial charge in [0.25, 0.3) is 5.91 Å². The van der Waals surface area contributed by atoms with E-state index in [1.165, 1.54) is 16.8 Å². The van der Waals surface area contributed by atoms with Gasteiger partial charge in [0, 0.05) is 12.1 Å². The molecule has 0 aliphatic heterocycles. The second-order valence-electron chi connectivity index (χ2n) is 6.66. The van der Waals surface area contributed by atoms with Crippen molar-refractivity contribution in [3.63, 3.8) is 0 Å². The lowest BCUT2D eigenvalue weighted by Gasteiger charge is -2.15. The average Bonchev–Trinajstić information content (AvgIpc) is 3.05. The fraction of sp³-hybridized carbons (Fsp3) is 0.500. The van der Waals surface area contributed by atoms with Gasteiger partial charge in [-0.15, -0.1) is 0 Å². The highest BCUT2D eigenvalue weighted by Gasteiger charge is 2.20. The number of hydrogen-bond acceptors (Lipinski definition) is 4. The third kappa shape index (κ3) is 6.66. The van der Waals surface area contributed by atoms with Gasteiger partial charge >= 0.3 is 0 Å². The number of rotatable bonds is 11. The molecule has 5 nitrogen and oxygen atoms in total. The lowest BCUT2D eigenvalue weighted by molar-refractivity contribution is 0.0719. The first-order chi connectivity index (χ1) is 13.0. The van der Waals surface area contributed by atoms with Gasteiger partial charge < -0.3 is 10.4 Å². The highest BCUT2D eigenvalue weighted by molar-refractivity contribution is 7.80. The Hall–Kier alpha value is -1.86. The van der Waals surface area contributed by atoms with E-state index in [0.29, 0.717) is 25.1 Å². The van der Waals surface area contributed by atoms with E-state index in [-0.39, 0.29) is 11.7 Å². The molecule has 1 unspecified atom stereocenters. The summed E-state index contributed by atoms with van der Waals surface area (Å²) in [5, 5.41) is 17.6. The second kappa shape index (κ2) is 11.1. The number of aryl methyl sites for hydroxylation is 2. The molecule has 7 heteroatoms. The van der Waals surface area contributed by atoms with Crippen molar-refractivity contribution >= 4 is 18.5 Å². The van der Waals surface area contributed by atoms with E-state index in [9.17, 15) is 14.3 Å². The van der Waals surface area contributed by atoms with Crippen LogP contribution in [0.2, 0.25) is 0 Å². The first-order valence-electron chi connectivity index (χ1n) is 9.38. The van der Waals surface area contributed by atoms with Crippen LogP contribution in [0.1, 0.15) is 59.9 Å². The number of nitrogens with zero attached hydrogens (tertiary/aromatic N) is 2. The summed E-state index contributed by atoms with van der Waals surface area (Å²) < 4.78 is 14.3. The van der Waals surface area contributed by atoms with E-state index in [1.807, 2.05) is 0 Å². The number of thiol groups is 1. The van der Waals surface area contributed by atoms with Crippen molar-refractivity contribution in [2.45, 2.75) is 51.7 Å². The van der Waals surface area contributed by atoms with E-state index in [4.69, 9.17) is 0 Å². The Morgan fingerprint density at radius 1 is 1.26 bits per heavy atom. The molecule has 148 valence electrons. The molecule has 0 aliphatic rings. The zero-order valence-electron chi connectivity index (χ0n) is 15.7. The number of amides is 1. The molecule has 1 amide bonds. The predicted molar refractivity (Wildman–Crippen MR) is 108 cm³/mol. The summed E-state index contributed by atoms with van der Waals surface area (Å²) in [5.41, 5.74) is 2.03. The van der Waals surface area contributed by atoms with Crippen LogP contribution in [-0.2, 0) is 6.42 Å². The number of hydrogen-bond donors (Lipinski definition) is 3. The van der Waals surface area contributed by atoms with Gasteiger partial charge in [-0.3, -0.25) is 4.79 Å². The van der Waals surface area contributed by atoms with Gasteiger partial charge in [0.1, 0.15) is 17.7 Å². The van der Waals surface area contributed by atoms with E-state index in [1.54, 1.807) is 25.3 Å². The molecule has 0 radical (unpaired) electrons. The van der Waals surface area contributed by atoms with Crippen LogP contribution in [0.5, 0.6) is 0 Å². The summed E-state index contributed by atoms with van der Waals surface area (Å²) in [6.45, 7) is 2.40. The van der Waals surface area contributed by atoms with Crippen molar-refractivity contribution in [1.29, 1.82) is 0 Å². The van der Waals surface area contributed by atoms with Crippen molar-refractivity contribution in [3.8, 4) is 0 Å². The molecule has 27 heavy (non-hydrogen) atoms. The van der Waals surface area contributed by atoms with E-state index < -0.39 is 6.23 Å². The zero-order chi connectivity index (χ0) is 19.6. The van der Waals surface area contributed by atoms with Gasteiger partial charge in [-0.1, -0.05) is 25.0 Å². The molecular weight excluding hydrogens is 365 g/mol. The Balaban J connectivity index is 1.89. The topological polar surface area (TPSA) is 67.1 Å². The minimum absolute atomic E-state index is 0.222. The third-order valence-corrected chi connectivity index (χ3v) is 4.77. The van der Waals surface area contributed by atoms with Crippen molar-refractivity contribution in [2.75, 3.05) is 12.3 Å².